The van der Waals surface area contributed by atoms with Gasteiger partial charge in [-0.2, -0.15) is 0 Å². The molecule has 0 fully saturated rings. The maximum absolute atomic E-state index is 2.42. The Bertz CT molecular complexity index is 68.4. The summed E-state index contributed by atoms with van der Waals surface area (Å²) in [6.07, 6.45) is 5.33. The van der Waals surface area contributed by atoms with E-state index in [1.165, 1.54) is 38.8 Å². The third-order valence-electron chi connectivity index (χ3n) is 1.56. The Morgan fingerprint density at radius 3 is 1.38 bits per heavy atom. The van der Waals surface area contributed by atoms with Crippen LogP contribution in [0.1, 0.15) is 39.5 Å². The van der Waals surface area contributed by atoms with E-state index in [1.807, 2.05) is 0 Å². The van der Waals surface area contributed by atoms with E-state index in [9.17, 15) is 0 Å². The summed E-state index contributed by atoms with van der Waals surface area (Å²) in [5.74, 6) is 0. The fourth-order valence-corrected chi connectivity index (χ4v) is 1.30. The third kappa shape index (κ3) is 19.8. The van der Waals surface area contributed by atoms with E-state index in [4.69, 9.17) is 0 Å². The molecule has 0 rings (SSSR count). The molecule has 0 N–H and O–H groups in total. The van der Waals surface area contributed by atoms with E-state index >= 15 is 0 Å². The predicted octanol–water partition coefficient (Wildman–Crippen LogP) is 3.62. The molecule has 0 aliphatic rings. The summed E-state index contributed by atoms with van der Waals surface area (Å²) in [5, 5.41) is 0. The molecule has 0 atom stereocenters. The van der Waals surface area contributed by atoms with Crippen molar-refractivity contribution in [3.8, 4) is 0 Å². The average Bonchev–Trinajstić information content (AvgIpc) is 1.97. The quantitative estimate of drug-likeness (QED) is 0.674. The summed E-state index contributed by atoms with van der Waals surface area (Å²) in [6.45, 7) is 7.04. The zero-order chi connectivity index (χ0) is 7.82. The first-order valence-corrected chi connectivity index (χ1v) is 4.97. The van der Waals surface area contributed by atoms with Crippen LogP contribution in [-0.4, -0.2) is 16.5 Å². The van der Waals surface area contributed by atoms with E-state index < -0.39 is 0 Å². The van der Waals surface area contributed by atoms with Gasteiger partial charge in [0, 0.05) is 0 Å². The first-order valence-electron chi connectivity index (χ1n) is 4.27. The number of rotatable bonds is 6. The predicted molar refractivity (Wildman–Crippen MR) is 63.1 cm³/mol. The van der Waals surface area contributed by atoms with Crippen molar-refractivity contribution in [2.24, 2.45) is 0 Å². The minimum Gasteiger partial charge on any atom is -0.147 e. The van der Waals surface area contributed by atoms with E-state index in [-0.39, 0.29) is 37.2 Å². The molecule has 0 aromatic carbocycles. The molecule has 83 valence electrons. The minimum atomic E-state index is 0. The van der Waals surface area contributed by atoms with Crippen LogP contribution in [0.25, 0.3) is 0 Å². The van der Waals surface area contributed by atoms with Crippen molar-refractivity contribution in [1.29, 1.82) is 0 Å². The molecule has 0 aromatic heterocycles. The molecule has 0 unspecified atom stereocenters. The van der Waals surface area contributed by atoms with E-state index in [2.05, 4.69) is 37.9 Å². The molecule has 0 saturated heterocycles. The summed E-state index contributed by atoms with van der Waals surface area (Å²) in [6, 6.07) is 0. The van der Waals surface area contributed by atoms with Crippen LogP contribution in [0, 0.1) is 0 Å². The standard InChI is InChI=1S/C8H18N.3ClH.Ti/c1-3-5-7-9-8-6-4-2;;;;/h3-8H2,1-2H3;3*1H;/q-1;;;;+1. The van der Waals surface area contributed by atoms with Crippen LogP contribution in [0.2, 0.25) is 0 Å². The summed E-state index contributed by atoms with van der Waals surface area (Å²) >= 11 is 2.21. The summed E-state index contributed by atoms with van der Waals surface area (Å²) < 4.78 is 2.42. The second kappa shape index (κ2) is 19.2. The molecule has 0 heterocycles. The number of hydrogen-bond acceptors (Lipinski definition) is 1. The zero-order valence-corrected chi connectivity index (χ0v) is 12.4. The average molecular weight is 285 g/mol. The number of nitrogens with zero attached hydrogens (tertiary/aromatic N) is 1. The SMILES string of the molecule is CCCC[N]([Ti])CCCC.Cl.Cl.Cl. The second-order valence-electron chi connectivity index (χ2n) is 2.69. The van der Waals surface area contributed by atoms with Crippen molar-refractivity contribution in [1.82, 2.24) is 3.38 Å². The van der Waals surface area contributed by atoms with Crippen LogP contribution in [0.3, 0.4) is 0 Å². The van der Waals surface area contributed by atoms with E-state index in [0.717, 1.165) is 0 Å². The first kappa shape index (κ1) is 24.0. The van der Waals surface area contributed by atoms with Gasteiger partial charge in [-0.3, -0.25) is 0 Å². The largest absolute Gasteiger partial charge is 0.147 e. The third-order valence-corrected chi connectivity index (χ3v) is 2.26. The molecule has 0 bridgehead atoms. The van der Waals surface area contributed by atoms with Crippen molar-refractivity contribution in [2.45, 2.75) is 39.5 Å². The topological polar surface area (TPSA) is 3.24 Å². The van der Waals surface area contributed by atoms with Crippen molar-refractivity contribution >= 4 is 37.2 Å². The fourth-order valence-electron chi connectivity index (χ4n) is 0.810. The Labute approximate surface area is 113 Å². The van der Waals surface area contributed by atoms with Crippen molar-refractivity contribution in [2.75, 3.05) is 13.1 Å². The molecule has 0 spiro atoms. The molecule has 1 nitrogen and oxygen atoms in total. The molecule has 5 heteroatoms. The van der Waals surface area contributed by atoms with Gasteiger partial charge in [0.1, 0.15) is 0 Å². The van der Waals surface area contributed by atoms with Crippen molar-refractivity contribution < 1.29 is 20.7 Å². The van der Waals surface area contributed by atoms with Gasteiger partial charge >= 0.3 is 76.7 Å². The van der Waals surface area contributed by atoms with Gasteiger partial charge in [0.2, 0.25) is 0 Å². The second-order valence-corrected chi connectivity index (χ2v) is 3.68. The van der Waals surface area contributed by atoms with Crippen LogP contribution in [-0.2, 0) is 20.7 Å². The Morgan fingerprint density at radius 2 is 1.15 bits per heavy atom. The smallest absolute Gasteiger partial charge is 0.147 e. The van der Waals surface area contributed by atoms with Crippen LogP contribution in [0.4, 0.5) is 0 Å². The van der Waals surface area contributed by atoms with Crippen LogP contribution < -0.4 is 0 Å². The molecule has 0 aromatic rings. The summed E-state index contributed by atoms with van der Waals surface area (Å²) in [7, 11) is 0. The molecule has 0 aliphatic carbocycles. The zero-order valence-electron chi connectivity index (χ0n) is 8.41. The van der Waals surface area contributed by atoms with Gasteiger partial charge in [-0.1, -0.05) is 0 Å². The van der Waals surface area contributed by atoms with Crippen molar-refractivity contribution in [3.05, 3.63) is 0 Å². The van der Waals surface area contributed by atoms with Gasteiger partial charge in [-0.15, -0.1) is 37.2 Å². The molecule has 0 saturated carbocycles. The van der Waals surface area contributed by atoms with E-state index in [1.54, 1.807) is 0 Å². The summed E-state index contributed by atoms with van der Waals surface area (Å²) in [4.78, 5) is 0. The Morgan fingerprint density at radius 1 is 0.846 bits per heavy atom. The monoisotopic (exact) mass is 284 g/mol. The maximum atomic E-state index is 2.42. The molecular formula is C8H21Cl3NTi. The molecule has 13 heavy (non-hydrogen) atoms. The first-order chi connectivity index (χ1) is 4.81. The Hall–Kier alpha value is 1.54. The van der Waals surface area contributed by atoms with Crippen LogP contribution in [0.15, 0.2) is 0 Å². The van der Waals surface area contributed by atoms with Gasteiger partial charge in [0.05, 0.1) is 0 Å². The van der Waals surface area contributed by atoms with Crippen molar-refractivity contribution in [3.63, 3.8) is 0 Å². The number of halogens is 3. The Balaban J connectivity index is -0.000000135. The molecule has 0 amide bonds. The van der Waals surface area contributed by atoms with Gasteiger partial charge in [-0.25, -0.2) is 0 Å². The minimum absolute atomic E-state index is 0. The van der Waals surface area contributed by atoms with Gasteiger partial charge < -0.3 is 0 Å². The normalized spacial score (nSPS) is 8.15. The maximum Gasteiger partial charge on any atom is -0.147 e. The van der Waals surface area contributed by atoms with Gasteiger partial charge in [0.25, 0.3) is 0 Å². The number of hydrogen-bond donors (Lipinski definition) is 0. The number of unbranched alkanes of at least 4 members (excludes halogenated alkanes) is 2. The van der Waals surface area contributed by atoms with E-state index in [0.29, 0.717) is 0 Å². The molecule has 0 aliphatic heterocycles. The molecular weight excluding hydrogens is 264 g/mol. The van der Waals surface area contributed by atoms with Gasteiger partial charge in [0.15, 0.2) is 0 Å². The summed E-state index contributed by atoms with van der Waals surface area (Å²) in [5.41, 5.74) is 0. The molecule has 0 radical (unpaired) electrons. The van der Waals surface area contributed by atoms with Crippen LogP contribution >= 0.6 is 37.2 Å². The van der Waals surface area contributed by atoms with Gasteiger partial charge in [-0.05, 0) is 0 Å². The Kier molecular flexibility index (Phi) is 35.4. The fraction of sp³-hybridized carbons (Fsp3) is 1.00. The van der Waals surface area contributed by atoms with Crippen LogP contribution in [0.5, 0.6) is 0 Å².